The Hall–Kier alpha value is -1.78. The lowest BCUT2D eigenvalue weighted by Gasteiger charge is -2.31. The van der Waals surface area contributed by atoms with Crippen molar-refractivity contribution in [2.45, 2.75) is 39.1 Å². The van der Waals surface area contributed by atoms with Gasteiger partial charge in [0.2, 0.25) is 0 Å². The Balaban J connectivity index is 2.07. The number of pyridine rings is 1. The summed E-state index contributed by atoms with van der Waals surface area (Å²) in [5.41, 5.74) is 3.82. The maximum Gasteiger partial charge on any atom is 0.158 e. The van der Waals surface area contributed by atoms with Crippen molar-refractivity contribution in [3.05, 3.63) is 46.8 Å². The highest BCUT2D eigenvalue weighted by molar-refractivity contribution is 6.88. The van der Waals surface area contributed by atoms with E-state index >= 15 is 0 Å². The molecule has 3 atom stereocenters. The molecule has 0 fully saturated rings. The average molecular weight is 337 g/mol. The first kappa shape index (κ1) is 15.7. The van der Waals surface area contributed by atoms with Crippen molar-refractivity contribution < 1.29 is 9.90 Å². The SMILES string of the molecule is CC1C(=O)C([Si](C)(C)C)=C2c3nc4ccccc4cc3C(O)CC21. The maximum absolute atomic E-state index is 13.0. The summed E-state index contributed by atoms with van der Waals surface area (Å²) in [4.78, 5) is 17.9. The van der Waals surface area contributed by atoms with E-state index in [0.29, 0.717) is 6.42 Å². The van der Waals surface area contributed by atoms with Crippen molar-refractivity contribution in [1.29, 1.82) is 0 Å². The molecule has 1 aromatic heterocycles. The molecule has 4 heteroatoms. The van der Waals surface area contributed by atoms with Crippen LogP contribution in [0.1, 0.15) is 30.7 Å². The van der Waals surface area contributed by atoms with Gasteiger partial charge in [-0.2, -0.15) is 0 Å². The van der Waals surface area contributed by atoms with Crippen LogP contribution in [0.4, 0.5) is 0 Å². The van der Waals surface area contributed by atoms with Crippen molar-refractivity contribution in [3.63, 3.8) is 0 Å². The molecule has 2 aliphatic rings. The van der Waals surface area contributed by atoms with Gasteiger partial charge in [0.15, 0.2) is 5.78 Å². The second kappa shape index (κ2) is 5.10. The zero-order chi connectivity index (χ0) is 17.2. The predicted molar refractivity (Wildman–Crippen MR) is 99.2 cm³/mol. The first-order valence-corrected chi connectivity index (χ1v) is 12.2. The number of nitrogens with zero attached hydrogens (tertiary/aromatic N) is 1. The van der Waals surface area contributed by atoms with E-state index in [1.165, 1.54) is 0 Å². The Kier molecular flexibility index (Phi) is 3.35. The van der Waals surface area contributed by atoms with Crippen LogP contribution in [0.15, 0.2) is 35.5 Å². The predicted octanol–water partition coefficient (Wildman–Crippen LogP) is 4.14. The summed E-state index contributed by atoms with van der Waals surface area (Å²) >= 11 is 0. The summed E-state index contributed by atoms with van der Waals surface area (Å²) in [5.74, 6) is 0.345. The molecule has 0 saturated carbocycles. The number of benzene rings is 1. The first-order chi connectivity index (χ1) is 11.3. The number of ketones is 1. The number of carbonyl (C=O) groups is 1. The number of rotatable bonds is 1. The molecule has 0 bridgehead atoms. The molecule has 3 nitrogen and oxygen atoms in total. The van der Waals surface area contributed by atoms with Gasteiger partial charge < -0.3 is 5.11 Å². The summed E-state index contributed by atoms with van der Waals surface area (Å²) in [6.45, 7) is 8.70. The van der Waals surface area contributed by atoms with E-state index in [9.17, 15) is 9.90 Å². The highest BCUT2D eigenvalue weighted by atomic mass is 28.3. The quantitative estimate of drug-likeness (QED) is 0.796. The minimum atomic E-state index is -1.79. The highest BCUT2D eigenvalue weighted by Crippen LogP contribution is 2.52. The molecule has 3 unspecified atom stereocenters. The Morgan fingerprint density at radius 2 is 1.92 bits per heavy atom. The Morgan fingerprint density at radius 3 is 2.62 bits per heavy atom. The molecule has 0 aliphatic heterocycles. The van der Waals surface area contributed by atoms with Crippen LogP contribution >= 0.6 is 0 Å². The number of aliphatic hydroxyl groups is 1. The van der Waals surface area contributed by atoms with E-state index < -0.39 is 14.2 Å². The van der Waals surface area contributed by atoms with Gasteiger partial charge in [0, 0.05) is 16.9 Å². The summed E-state index contributed by atoms with van der Waals surface area (Å²) in [5, 5.41) is 12.8. The zero-order valence-corrected chi connectivity index (χ0v) is 15.6. The van der Waals surface area contributed by atoms with Gasteiger partial charge in [-0.25, -0.2) is 4.98 Å². The van der Waals surface area contributed by atoms with Gasteiger partial charge in [-0.05, 0) is 35.2 Å². The molecule has 2 aliphatic carbocycles. The van der Waals surface area contributed by atoms with Gasteiger partial charge in [0.25, 0.3) is 0 Å². The molecule has 0 saturated heterocycles. The number of Topliss-reactive ketones (excluding diaryl/α,β-unsaturated/α-hetero) is 1. The summed E-state index contributed by atoms with van der Waals surface area (Å²) in [6, 6.07) is 10.1. The van der Waals surface area contributed by atoms with Gasteiger partial charge in [-0.3, -0.25) is 4.79 Å². The van der Waals surface area contributed by atoms with E-state index in [-0.39, 0.29) is 17.6 Å². The van der Waals surface area contributed by atoms with Crippen LogP contribution in [-0.2, 0) is 4.79 Å². The van der Waals surface area contributed by atoms with Crippen LogP contribution in [0.5, 0.6) is 0 Å². The molecule has 24 heavy (non-hydrogen) atoms. The fraction of sp³-hybridized carbons (Fsp3) is 0.400. The third kappa shape index (κ3) is 2.13. The van der Waals surface area contributed by atoms with Crippen molar-refractivity contribution in [1.82, 2.24) is 4.98 Å². The number of aliphatic hydroxyl groups excluding tert-OH is 1. The number of allylic oxidation sites excluding steroid dienone is 2. The molecule has 1 aromatic carbocycles. The third-order valence-corrected chi connectivity index (χ3v) is 7.51. The zero-order valence-electron chi connectivity index (χ0n) is 14.6. The average Bonchev–Trinajstić information content (AvgIpc) is 2.78. The molecular weight excluding hydrogens is 314 g/mol. The number of para-hydroxylation sites is 1. The summed E-state index contributed by atoms with van der Waals surface area (Å²) in [6.07, 6.45) is 0.0885. The fourth-order valence-electron chi connectivity index (χ4n) is 4.34. The van der Waals surface area contributed by atoms with E-state index in [0.717, 1.165) is 32.9 Å². The van der Waals surface area contributed by atoms with Crippen molar-refractivity contribution >= 4 is 30.3 Å². The lowest BCUT2D eigenvalue weighted by Crippen LogP contribution is -2.29. The number of hydrogen-bond acceptors (Lipinski definition) is 3. The lowest BCUT2D eigenvalue weighted by atomic mass is 9.78. The molecule has 1 heterocycles. The molecular formula is C20H23NO2Si. The standard InChI is InChI=1S/C20H23NO2Si/c1-11-13-10-16(22)14-9-12-7-5-6-8-15(12)21-18(14)17(13)20(19(11)23)24(2,3)4/h5-9,11,13,16,22H,10H2,1-4H3. The first-order valence-electron chi connectivity index (χ1n) is 8.66. The largest absolute Gasteiger partial charge is 0.388 e. The Morgan fingerprint density at radius 1 is 1.21 bits per heavy atom. The monoisotopic (exact) mass is 337 g/mol. The second-order valence-electron chi connectivity index (χ2n) is 8.17. The van der Waals surface area contributed by atoms with Crippen LogP contribution in [0.2, 0.25) is 19.6 Å². The van der Waals surface area contributed by atoms with Crippen molar-refractivity contribution in [3.8, 4) is 0 Å². The number of fused-ring (bicyclic) bond motifs is 4. The van der Waals surface area contributed by atoms with E-state index in [1.54, 1.807) is 0 Å². The van der Waals surface area contributed by atoms with Gasteiger partial charge in [0.1, 0.15) is 0 Å². The summed E-state index contributed by atoms with van der Waals surface area (Å²) < 4.78 is 0. The lowest BCUT2D eigenvalue weighted by molar-refractivity contribution is -0.118. The Labute approximate surface area is 143 Å². The molecule has 0 amide bonds. The normalized spacial score (nSPS) is 26.7. The van der Waals surface area contributed by atoms with Crippen LogP contribution in [0.3, 0.4) is 0 Å². The topological polar surface area (TPSA) is 50.2 Å². The number of hydrogen-bond donors (Lipinski definition) is 1. The molecule has 0 spiro atoms. The van der Waals surface area contributed by atoms with E-state index in [4.69, 9.17) is 4.98 Å². The van der Waals surface area contributed by atoms with Gasteiger partial charge in [-0.15, -0.1) is 0 Å². The maximum atomic E-state index is 13.0. The molecule has 0 radical (unpaired) electrons. The van der Waals surface area contributed by atoms with E-state index in [2.05, 4.69) is 25.7 Å². The van der Waals surface area contributed by atoms with Crippen LogP contribution in [-0.4, -0.2) is 23.9 Å². The van der Waals surface area contributed by atoms with Crippen LogP contribution in [0.25, 0.3) is 16.5 Å². The second-order valence-corrected chi connectivity index (χ2v) is 13.2. The van der Waals surface area contributed by atoms with Crippen molar-refractivity contribution in [2.75, 3.05) is 0 Å². The number of aromatic nitrogens is 1. The third-order valence-electron chi connectivity index (χ3n) is 5.50. The van der Waals surface area contributed by atoms with E-state index in [1.807, 2.05) is 31.2 Å². The van der Waals surface area contributed by atoms with Crippen LogP contribution < -0.4 is 0 Å². The number of carbonyl (C=O) groups excluding carboxylic acids is 1. The minimum absolute atomic E-state index is 0.0437. The Bertz CT molecular complexity index is 894. The van der Waals surface area contributed by atoms with Crippen molar-refractivity contribution in [2.24, 2.45) is 11.8 Å². The molecule has 2 aromatic rings. The van der Waals surface area contributed by atoms with Gasteiger partial charge in [-0.1, -0.05) is 44.8 Å². The van der Waals surface area contributed by atoms with Gasteiger partial charge in [0.05, 0.1) is 25.4 Å². The minimum Gasteiger partial charge on any atom is -0.388 e. The summed E-state index contributed by atoms with van der Waals surface area (Å²) in [7, 11) is -1.79. The molecule has 124 valence electrons. The fourth-order valence-corrected chi connectivity index (χ4v) is 6.42. The molecule has 1 N–H and O–H groups in total. The van der Waals surface area contributed by atoms with Gasteiger partial charge >= 0.3 is 0 Å². The highest BCUT2D eigenvalue weighted by Gasteiger charge is 2.48. The molecule has 4 rings (SSSR count). The van der Waals surface area contributed by atoms with Crippen LogP contribution in [0, 0.1) is 11.8 Å². The smallest absolute Gasteiger partial charge is 0.158 e.